The van der Waals surface area contributed by atoms with Crippen molar-refractivity contribution in [1.29, 1.82) is 0 Å². The van der Waals surface area contributed by atoms with Crippen molar-refractivity contribution in [3.05, 3.63) is 12.7 Å². The molecule has 0 heterocycles. The van der Waals surface area contributed by atoms with E-state index in [0.29, 0.717) is 31.6 Å². The van der Waals surface area contributed by atoms with Crippen LogP contribution in [0.3, 0.4) is 0 Å². The summed E-state index contributed by atoms with van der Waals surface area (Å²) in [5.41, 5.74) is 0. The molecule has 0 bridgehead atoms. The average Bonchev–Trinajstić information content (AvgIpc) is 2.71. The van der Waals surface area contributed by atoms with E-state index in [9.17, 15) is 14.4 Å². The van der Waals surface area contributed by atoms with Crippen LogP contribution in [0.2, 0.25) is 0 Å². The Bertz CT molecular complexity index is 482. The van der Waals surface area contributed by atoms with E-state index in [-0.39, 0.29) is 12.1 Å². The van der Waals surface area contributed by atoms with Gasteiger partial charge in [0.15, 0.2) is 0 Å². The van der Waals surface area contributed by atoms with Crippen molar-refractivity contribution < 1.29 is 29.3 Å². The predicted octanol–water partition coefficient (Wildman–Crippen LogP) is 5.45. The van der Waals surface area contributed by atoms with Gasteiger partial charge in [0.1, 0.15) is 6.10 Å². The average molecular weight is 413 g/mol. The van der Waals surface area contributed by atoms with Gasteiger partial charge < -0.3 is 14.9 Å². The molecule has 29 heavy (non-hydrogen) atoms. The molecule has 4 atom stereocenters. The summed E-state index contributed by atoms with van der Waals surface area (Å²) in [5, 5.41) is 17.3. The van der Waals surface area contributed by atoms with Crippen molar-refractivity contribution in [2.45, 2.75) is 97.5 Å². The van der Waals surface area contributed by atoms with Crippen LogP contribution >= 0.6 is 0 Å². The van der Waals surface area contributed by atoms with Crippen LogP contribution in [0.1, 0.15) is 91.4 Å². The molecule has 168 valence electrons. The molecule has 0 aromatic rings. The first-order valence-corrected chi connectivity index (χ1v) is 11.1. The molecular formula is C23H40O6. The van der Waals surface area contributed by atoms with Gasteiger partial charge in [-0.25, -0.2) is 4.79 Å². The fourth-order valence-electron chi connectivity index (χ4n) is 3.75. The maximum absolute atomic E-state index is 11.2. The Hall–Kier alpha value is -1.85. The molecule has 0 spiro atoms. The molecule has 6 heteroatoms. The number of rotatable bonds is 12. The van der Waals surface area contributed by atoms with Gasteiger partial charge in [0.25, 0.3) is 0 Å². The number of carboxylic acids is 2. The summed E-state index contributed by atoms with van der Waals surface area (Å²) in [6, 6.07) is 0. The van der Waals surface area contributed by atoms with E-state index >= 15 is 0 Å². The first kappa shape index (κ1) is 27.1. The van der Waals surface area contributed by atoms with E-state index in [1.54, 1.807) is 0 Å². The third-order valence-electron chi connectivity index (χ3n) is 5.57. The Morgan fingerprint density at radius 1 is 1.03 bits per heavy atom. The van der Waals surface area contributed by atoms with Crippen LogP contribution in [-0.4, -0.2) is 34.2 Å². The van der Waals surface area contributed by atoms with Crippen LogP contribution in [0.25, 0.3) is 0 Å². The lowest BCUT2D eigenvalue weighted by Gasteiger charge is -2.23. The monoisotopic (exact) mass is 412 g/mol. The van der Waals surface area contributed by atoms with Crippen LogP contribution in [-0.2, 0) is 19.1 Å². The largest absolute Gasteiger partial charge is 0.481 e. The Kier molecular flexibility index (Phi) is 15.0. The number of carbonyl (C=O) groups is 3. The van der Waals surface area contributed by atoms with E-state index in [1.165, 1.54) is 31.8 Å². The molecule has 2 N–H and O–H groups in total. The number of carbonyl (C=O) groups excluding carboxylic acids is 1. The molecule has 0 aromatic heterocycles. The predicted molar refractivity (Wildman–Crippen MR) is 114 cm³/mol. The molecular weight excluding hydrogens is 372 g/mol. The number of hydrogen-bond donors (Lipinski definition) is 2. The first-order valence-electron chi connectivity index (χ1n) is 11.1. The van der Waals surface area contributed by atoms with Crippen molar-refractivity contribution >= 4 is 17.9 Å². The fourth-order valence-corrected chi connectivity index (χ4v) is 3.75. The van der Waals surface area contributed by atoms with E-state index in [1.807, 2.05) is 0 Å². The minimum Gasteiger partial charge on any atom is -0.481 e. The van der Waals surface area contributed by atoms with Gasteiger partial charge in [0.05, 0.1) is 11.8 Å². The van der Waals surface area contributed by atoms with E-state index in [4.69, 9.17) is 14.9 Å². The highest BCUT2D eigenvalue weighted by molar-refractivity contribution is 5.81. The van der Waals surface area contributed by atoms with Gasteiger partial charge >= 0.3 is 17.9 Å². The maximum atomic E-state index is 11.2. The molecule has 1 rings (SSSR count). The molecule has 6 nitrogen and oxygen atoms in total. The second-order valence-corrected chi connectivity index (χ2v) is 7.94. The summed E-state index contributed by atoms with van der Waals surface area (Å²) in [6.07, 6.45) is 11.5. The lowest BCUT2D eigenvalue weighted by Crippen LogP contribution is -2.26. The van der Waals surface area contributed by atoms with Crippen molar-refractivity contribution in [1.82, 2.24) is 0 Å². The summed E-state index contributed by atoms with van der Waals surface area (Å²) in [7, 11) is 0. The molecule has 1 fully saturated rings. The number of hydrogen-bond acceptors (Lipinski definition) is 4. The first-order chi connectivity index (χ1) is 13.8. The highest BCUT2D eigenvalue weighted by atomic mass is 16.5. The number of esters is 1. The molecule has 1 aliphatic carbocycles. The van der Waals surface area contributed by atoms with Gasteiger partial charge in [-0.1, -0.05) is 65.9 Å². The summed E-state index contributed by atoms with van der Waals surface area (Å²) < 4.78 is 5.40. The zero-order chi connectivity index (χ0) is 22.2. The quantitative estimate of drug-likeness (QED) is 0.326. The minimum atomic E-state index is -0.860. The molecule has 1 aliphatic rings. The molecule has 4 unspecified atom stereocenters. The highest BCUT2D eigenvalue weighted by Crippen LogP contribution is 2.29. The Labute approximate surface area is 175 Å². The number of carboxylic acid groups (broad SMARTS) is 2. The molecule has 0 aliphatic heterocycles. The zero-order valence-electron chi connectivity index (χ0n) is 18.4. The van der Waals surface area contributed by atoms with Crippen LogP contribution in [0.4, 0.5) is 0 Å². The normalized spacial score (nSPS) is 20.5. The third kappa shape index (κ3) is 12.3. The summed E-state index contributed by atoms with van der Waals surface area (Å²) >= 11 is 0. The van der Waals surface area contributed by atoms with Gasteiger partial charge in [0, 0.05) is 6.08 Å². The van der Waals surface area contributed by atoms with Crippen molar-refractivity contribution in [3.63, 3.8) is 0 Å². The van der Waals surface area contributed by atoms with Gasteiger partial charge in [-0.2, -0.15) is 0 Å². The molecule has 0 saturated heterocycles. The maximum Gasteiger partial charge on any atom is 0.330 e. The standard InChI is InChI=1S/C15H28O2.C8H12O4/c1-5-9-11-13(7-3)12-14(10-6-2)17-15(16)8-4;9-7(10)5-2-1-3-6(4-5)8(11)12/h8,13-14H,4-7,9-12H2,1-3H3;5-6H,1-4H2,(H,9,10)(H,11,12). The molecule has 0 amide bonds. The summed E-state index contributed by atoms with van der Waals surface area (Å²) in [6.45, 7) is 10.0. The SMILES string of the molecule is C=CC(=O)OC(CCC)CC(CC)CCCC.O=C(O)C1CCCC(C(=O)O)C1. The van der Waals surface area contributed by atoms with Gasteiger partial charge in [0.2, 0.25) is 0 Å². The summed E-state index contributed by atoms with van der Waals surface area (Å²) in [4.78, 5) is 32.3. The Morgan fingerprint density at radius 2 is 1.62 bits per heavy atom. The highest BCUT2D eigenvalue weighted by Gasteiger charge is 2.30. The third-order valence-corrected chi connectivity index (χ3v) is 5.57. The lowest BCUT2D eigenvalue weighted by molar-refractivity contribution is -0.148. The van der Waals surface area contributed by atoms with E-state index < -0.39 is 23.8 Å². The Balaban J connectivity index is 0.000000571. The topological polar surface area (TPSA) is 101 Å². The smallest absolute Gasteiger partial charge is 0.330 e. The number of aliphatic carboxylic acids is 2. The van der Waals surface area contributed by atoms with Gasteiger partial charge in [-0.15, -0.1) is 0 Å². The van der Waals surface area contributed by atoms with Gasteiger partial charge in [-0.05, 0) is 38.0 Å². The van der Waals surface area contributed by atoms with Crippen LogP contribution in [0.5, 0.6) is 0 Å². The van der Waals surface area contributed by atoms with E-state index in [2.05, 4.69) is 27.4 Å². The summed E-state index contributed by atoms with van der Waals surface area (Å²) in [5.74, 6) is -2.21. The van der Waals surface area contributed by atoms with Crippen LogP contribution in [0.15, 0.2) is 12.7 Å². The van der Waals surface area contributed by atoms with Crippen molar-refractivity contribution in [2.75, 3.05) is 0 Å². The number of ether oxygens (including phenoxy) is 1. The second-order valence-electron chi connectivity index (χ2n) is 7.94. The lowest BCUT2D eigenvalue weighted by atomic mass is 9.81. The van der Waals surface area contributed by atoms with Crippen LogP contribution in [0, 0.1) is 17.8 Å². The second kappa shape index (κ2) is 16.0. The molecule has 0 aromatic carbocycles. The molecule has 0 radical (unpaired) electrons. The van der Waals surface area contributed by atoms with Crippen molar-refractivity contribution in [2.24, 2.45) is 17.8 Å². The fraction of sp³-hybridized carbons (Fsp3) is 0.783. The minimum absolute atomic E-state index is 0.0762. The van der Waals surface area contributed by atoms with Crippen LogP contribution < -0.4 is 0 Å². The molecule has 1 saturated carbocycles. The van der Waals surface area contributed by atoms with Crippen molar-refractivity contribution in [3.8, 4) is 0 Å². The number of unbranched alkanes of at least 4 members (excludes halogenated alkanes) is 1. The van der Waals surface area contributed by atoms with Gasteiger partial charge in [-0.3, -0.25) is 9.59 Å². The Morgan fingerprint density at radius 3 is 2.03 bits per heavy atom. The van der Waals surface area contributed by atoms with E-state index in [0.717, 1.165) is 19.3 Å². The zero-order valence-corrected chi connectivity index (χ0v) is 18.4.